The molecule has 0 bridgehead atoms. The van der Waals surface area contributed by atoms with Crippen molar-refractivity contribution in [2.24, 2.45) is 0 Å². The number of aromatic carboxylic acids is 1. The third-order valence-corrected chi connectivity index (χ3v) is 3.65. The highest BCUT2D eigenvalue weighted by Gasteiger charge is 2.12. The maximum absolute atomic E-state index is 11.2. The minimum Gasteiger partial charge on any atom is -0.478 e. The van der Waals surface area contributed by atoms with Crippen LogP contribution in [0.5, 0.6) is 0 Å². The molecule has 104 valence electrons. The molecule has 6 heteroatoms. The van der Waals surface area contributed by atoms with Crippen LogP contribution in [0, 0.1) is 6.92 Å². The third kappa shape index (κ3) is 3.05. The molecule has 4 nitrogen and oxygen atoms in total. The van der Waals surface area contributed by atoms with Crippen LogP contribution in [-0.2, 0) is 0 Å². The van der Waals surface area contributed by atoms with Gasteiger partial charge in [0.1, 0.15) is 0 Å². The molecule has 0 heterocycles. The van der Waals surface area contributed by atoms with E-state index in [0.717, 1.165) is 4.47 Å². The summed E-state index contributed by atoms with van der Waals surface area (Å²) in [7, 11) is 0. The summed E-state index contributed by atoms with van der Waals surface area (Å²) in [4.78, 5) is 11.2. The van der Waals surface area contributed by atoms with Gasteiger partial charge in [-0.3, -0.25) is 0 Å². The first-order valence-electron chi connectivity index (χ1n) is 5.74. The highest BCUT2D eigenvalue weighted by Crippen LogP contribution is 2.31. The van der Waals surface area contributed by atoms with Gasteiger partial charge in [0.25, 0.3) is 0 Å². The second-order valence-corrected chi connectivity index (χ2v) is 5.63. The van der Waals surface area contributed by atoms with Crippen LogP contribution in [0.3, 0.4) is 0 Å². The molecule has 0 radical (unpaired) electrons. The number of anilines is 3. The summed E-state index contributed by atoms with van der Waals surface area (Å²) >= 11 is 9.46. The zero-order valence-electron chi connectivity index (χ0n) is 10.6. The second kappa shape index (κ2) is 5.73. The summed E-state index contributed by atoms with van der Waals surface area (Å²) in [6.07, 6.45) is 0. The maximum atomic E-state index is 11.2. The van der Waals surface area contributed by atoms with Crippen molar-refractivity contribution in [1.82, 2.24) is 0 Å². The van der Waals surface area contributed by atoms with Crippen molar-refractivity contribution < 1.29 is 9.90 Å². The molecule has 0 saturated heterocycles. The van der Waals surface area contributed by atoms with Gasteiger partial charge in [-0.05, 0) is 42.8 Å². The van der Waals surface area contributed by atoms with Crippen molar-refractivity contribution in [3.05, 3.63) is 51.0 Å². The lowest BCUT2D eigenvalue weighted by molar-refractivity contribution is 0.0698. The molecule has 0 saturated carbocycles. The number of benzene rings is 2. The van der Waals surface area contributed by atoms with Crippen molar-refractivity contribution in [2.75, 3.05) is 11.1 Å². The van der Waals surface area contributed by atoms with E-state index in [4.69, 9.17) is 22.4 Å². The van der Waals surface area contributed by atoms with Gasteiger partial charge in [0, 0.05) is 15.8 Å². The number of halogens is 2. The van der Waals surface area contributed by atoms with Crippen LogP contribution in [-0.4, -0.2) is 11.1 Å². The van der Waals surface area contributed by atoms with Crippen molar-refractivity contribution in [3.8, 4) is 0 Å². The summed E-state index contributed by atoms with van der Waals surface area (Å²) in [6.45, 7) is 1.76. The molecule has 0 aliphatic rings. The molecular formula is C14H12BrClN2O2. The number of nitrogen functional groups attached to an aromatic ring is 1. The summed E-state index contributed by atoms with van der Waals surface area (Å²) in [5.74, 6) is -1.06. The number of nitrogens with two attached hydrogens (primary N) is 1. The number of hydrogen-bond donors (Lipinski definition) is 3. The minimum absolute atomic E-state index is 0.0682. The summed E-state index contributed by atoms with van der Waals surface area (Å²) in [5.41, 5.74) is 8.09. The van der Waals surface area contributed by atoms with Crippen molar-refractivity contribution in [3.63, 3.8) is 0 Å². The highest BCUT2D eigenvalue weighted by atomic mass is 79.9. The highest BCUT2D eigenvalue weighted by molar-refractivity contribution is 9.10. The number of aryl methyl sites for hydroxylation is 1. The first kappa shape index (κ1) is 14.7. The van der Waals surface area contributed by atoms with Crippen LogP contribution in [0.2, 0.25) is 5.02 Å². The van der Waals surface area contributed by atoms with Crippen LogP contribution in [0.1, 0.15) is 15.9 Å². The van der Waals surface area contributed by atoms with Crippen molar-refractivity contribution in [1.29, 1.82) is 0 Å². The van der Waals surface area contributed by atoms with Crippen LogP contribution < -0.4 is 11.1 Å². The Hall–Kier alpha value is -1.72. The fourth-order valence-corrected chi connectivity index (χ4v) is 2.32. The van der Waals surface area contributed by atoms with Crippen LogP contribution in [0.15, 0.2) is 34.8 Å². The Balaban J connectivity index is 2.44. The Morgan fingerprint density at radius 1 is 1.35 bits per heavy atom. The first-order valence-corrected chi connectivity index (χ1v) is 6.91. The Labute approximate surface area is 129 Å². The van der Waals surface area contributed by atoms with Crippen LogP contribution in [0.4, 0.5) is 17.1 Å². The summed E-state index contributed by atoms with van der Waals surface area (Å²) in [5, 5.41) is 12.8. The normalized spacial score (nSPS) is 10.3. The lowest BCUT2D eigenvalue weighted by Gasteiger charge is -2.12. The number of hydrogen-bond acceptors (Lipinski definition) is 3. The van der Waals surface area contributed by atoms with Gasteiger partial charge in [-0.15, -0.1) is 0 Å². The van der Waals surface area contributed by atoms with Gasteiger partial charge in [-0.2, -0.15) is 0 Å². The molecule has 2 aromatic rings. The lowest BCUT2D eigenvalue weighted by Crippen LogP contribution is -2.05. The SMILES string of the molecule is Cc1cc(Nc2cc(Br)ccc2Cl)cc(C(=O)O)c1N. The third-order valence-electron chi connectivity index (χ3n) is 2.82. The largest absolute Gasteiger partial charge is 0.478 e. The summed E-state index contributed by atoms with van der Waals surface area (Å²) in [6, 6.07) is 8.65. The maximum Gasteiger partial charge on any atom is 0.337 e. The fourth-order valence-electron chi connectivity index (χ4n) is 1.80. The van der Waals surface area contributed by atoms with E-state index in [2.05, 4.69) is 21.2 Å². The van der Waals surface area contributed by atoms with E-state index in [1.165, 1.54) is 6.07 Å². The van der Waals surface area contributed by atoms with E-state index < -0.39 is 5.97 Å². The molecule has 0 unspecified atom stereocenters. The zero-order valence-corrected chi connectivity index (χ0v) is 12.9. The lowest BCUT2D eigenvalue weighted by atomic mass is 10.1. The van der Waals surface area contributed by atoms with E-state index >= 15 is 0 Å². The van der Waals surface area contributed by atoms with E-state index in [9.17, 15) is 4.79 Å². The molecule has 0 fully saturated rings. The monoisotopic (exact) mass is 354 g/mol. The molecule has 2 aromatic carbocycles. The Morgan fingerprint density at radius 3 is 2.70 bits per heavy atom. The average molecular weight is 356 g/mol. The van der Waals surface area contributed by atoms with Gasteiger partial charge in [-0.1, -0.05) is 27.5 Å². The minimum atomic E-state index is -1.06. The first-order chi connectivity index (χ1) is 9.38. The average Bonchev–Trinajstić information content (AvgIpc) is 2.37. The predicted molar refractivity (Wildman–Crippen MR) is 85.0 cm³/mol. The standard InChI is InChI=1S/C14H12BrClN2O2/c1-7-4-9(6-10(13(7)17)14(19)20)18-12-5-8(15)2-3-11(12)16/h2-6,18H,17H2,1H3,(H,19,20). The van der Waals surface area contributed by atoms with Crippen LogP contribution >= 0.6 is 27.5 Å². The van der Waals surface area contributed by atoms with Crippen molar-refractivity contribution in [2.45, 2.75) is 6.92 Å². The van der Waals surface area contributed by atoms with Gasteiger partial charge >= 0.3 is 5.97 Å². The predicted octanol–water partition coefficient (Wildman–Crippen LogP) is 4.43. The number of nitrogens with one attached hydrogen (secondary N) is 1. The molecule has 20 heavy (non-hydrogen) atoms. The second-order valence-electron chi connectivity index (χ2n) is 4.31. The van der Waals surface area contributed by atoms with E-state index in [1.54, 1.807) is 19.1 Å². The number of carbonyl (C=O) groups is 1. The molecule has 0 aliphatic heterocycles. The summed E-state index contributed by atoms with van der Waals surface area (Å²) < 4.78 is 0.870. The van der Waals surface area contributed by atoms with Gasteiger partial charge < -0.3 is 16.2 Å². The Kier molecular flexibility index (Phi) is 4.20. The van der Waals surface area contributed by atoms with E-state index in [1.807, 2.05) is 12.1 Å². The molecular weight excluding hydrogens is 344 g/mol. The van der Waals surface area contributed by atoms with Gasteiger partial charge in [0.15, 0.2) is 0 Å². The molecule has 0 atom stereocenters. The van der Waals surface area contributed by atoms with E-state index in [0.29, 0.717) is 22.0 Å². The number of rotatable bonds is 3. The van der Waals surface area contributed by atoms with E-state index in [-0.39, 0.29) is 11.3 Å². The Morgan fingerprint density at radius 2 is 2.05 bits per heavy atom. The molecule has 2 rings (SSSR count). The molecule has 0 spiro atoms. The van der Waals surface area contributed by atoms with Gasteiger partial charge in [-0.25, -0.2) is 4.79 Å². The Bertz CT molecular complexity index is 689. The molecule has 0 aliphatic carbocycles. The fraction of sp³-hybridized carbons (Fsp3) is 0.0714. The quantitative estimate of drug-likeness (QED) is 0.712. The number of carboxylic acids is 1. The topological polar surface area (TPSA) is 75.3 Å². The molecule has 0 amide bonds. The van der Waals surface area contributed by atoms with Crippen molar-refractivity contribution >= 4 is 50.6 Å². The van der Waals surface area contributed by atoms with Crippen LogP contribution in [0.25, 0.3) is 0 Å². The van der Waals surface area contributed by atoms with Gasteiger partial charge in [0.05, 0.1) is 16.3 Å². The van der Waals surface area contributed by atoms with Gasteiger partial charge in [0.2, 0.25) is 0 Å². The number of carboxylic acid groups (broad SMARTS) is 1. The molecule has 0 aromatic heterocycles. The zero-order chi connectivity index (χ0) is 14.9. The smallest absolute Gasteiger partial charge is 0.337 e. The molecule has 4 N–H and O–H groups in total.